The lowest BCUT2D eigenvalue weighted by atomic mass is 9.81. The predicted octanol–water partition coefficient (Wildman–Crippen LogP) is 8.27. The second kappa shape index (κ2) is 21.1. The molecule has 10 nitrogen and oxygen atoms in total. The van der Waals surface area contributed by atoms with Crippen molar-refractivity contribution in [3.63, 3.8) is 0 Å². The van der Waals surface area contributed by atoms with Gasteiger partial charge in [-0.2, -0.15) is 12.6 Å². The first-order valence-electron chi connectivity index (χ1n) is 20.2. The van der Waals surface area contributed by atoms with Crippen LogP contribution in [0.5, 0.6) is 5.75 Å². The summed E-state index contributed by atoms with van der Waals surface area (Å²) in [7, 11) is 1.34. The van der Waals surface area contributed by atoms with E-state index in [0.29, 0.717) is 47.6 Å². The molecule has 57 heavy (non-hydrogen) atoms. The van der Waals surface area contributed by atoms with E-state index in [2.05, 4.69) is 40.8 Å². The van der Waals surface area contributed by atoms with E-state index in [-0.39, 0.29) is 30.9 Å². The fourth-order valence-electron chi connectivity index (χ4n) is 8.20. The number of aromatic nitrogens is 1. The maximum absolute atomic E-state index is 16.7. The van der Waals surface area contributed by atoms with Gasteiger partial charge in [-0.1, -0.05) is 45.3 Å². The summed E-state index contributed by atoms with van der Waals surface area (Å²) in [5, 5.41) is 7.15. The van der Waals surface area contributed by atoms with Crippen LogP contribution in [-0.4, -0.2) is 75.0 Å². The Labute approximate surface area is 342 Å². The number of anilines is 2. The molecule has 2 aliphatic heterocycles. The number of hydrogen-bond donors (Lipinski definition) is 3. The number of ether oxygens (including phenoxy) is 2. The van der Waals surface area contributed by atoms with Gasteiger partial charge in [0.1, 0.15) is 24.7 Å². The smallest absolute Gasteiger partial charge is 0.337 e. The van der Waals surface area contributed by atoms with E-state index in [1.54, 1.807) is 36.6 Å². The third-order valence-corrected chi connectivity index (χ3v) is 10.8. The van der Waals surface area contributed by atoms with Gasteiger partial charge >= 0.3 is 5.97 Å². The highest BCUT2D eigenvalue weighted by Gasteiger charge is 2.30. The van der Waals surface area contributed by atoms with E-state index < -0.39 is 11.8 Å². The van der Waals surface area contributed by atoms with E-state index in [1.165, 1.54) is 13.2 Å². The summed E-state index contributed by atoms with van der Waals surface area (Å²) in [6.45, 7) is 12.3. The summed E-state index contributed by atoms with van der Waals surface area (Å²) in [5.41, 5.74) is 5.85. The Kier molecular flexibility index (Phi) is 16.0. The van der Waals surface area contributed by atoms with Gasteiger partial charge in [0.25, 0.3) is 0 Å². The van der Waals surface area contributed by atoms with E-state index in [4.69, 9.17) is 9.47 Å². The summed E-state index contributed by atoms with van der Waals surface area (Å²) in [4.78, 5) is 42.7. The summed E-state index contributed by atoms with van der Waals surface area (Å²) < 4.78 is 29.9. The number of carbonyl (C=O) groups is 3. The maximum atomic E-state index is 16.7. The van der Waals surface area contributed by atoms with Crippen molar-refractivity contribution in [1.82, 2.24) is 15.2 Å². The average Bonchev–Trinajstić information content (AvgIpc) is 3.84. The molecule has 0 bridgehead atoms. The third kappa shape index (κ3) is 10.0. The molecule has 3 aromatic carbocycles. The molecule has 2 saturated heterocycles. The molecule has 3 aliphatic rings. The van der Waals surface area contributed by atoms with Gasteiger partial charge in [0.05, 0.1) is 23.9 Å². The van der Waals surface area contributed by atoms with Crippen LogP contribution in [-0.2, 0) is 27.5 Å². The standard InChI is InChI=1S/C42H48FN5O5.C2H6.CH4S/c1-3-17-45-38(49)26-48-37-24-29(42(51)52-2)11-14-34(37)40(28-8-5-4-6-9-28)41(48)33-15-13-32(25-35(33)43)53-27-30-23-31(47-20-7-10-39(47)50)12-16-36(30)46-21-18-44-19-22-46;2*1-2/h3,11-16,23-25,28,44H,1,4-10,17-22,26-27H2,2H3,(H,45,49);1-2H3;2H,1H3. The van der Waals surface area contributed by atoms with E-state index in [1.807, 2.05) is 41.5 Å². The summed E-state index contributed by atoms with van der Waals surface area (Å²) >= 11 is 3.53. The third-order valence-electron chi connectivity index (χ3n) is 10.8. The van der Waals surface area contributed by atoms with Gasteiger partial charge in [-0.05, 0) is 79.5 Å². The number of hydrogen-bond acceptors (Lipinski definition) is 8. The number of nitrogens with one attached hydrogen (secondary N) is 2. The molecule has 2 N–H and O–H groups in total. The Hall–Kier alpha value is -4.81. The Bertz CT molecular complexity index is 2020. The van der Waals surface area contributed by atoms with Gasteiger partial charge in [-0.3, -0.25) is 9.59 Å². The van der Waals surface area contributed by atoms with Crippen molar-refractivity contribution in [2.75, 3.05) is 62.4 Å². The number of esters is 1. The number of fused-ring (bicyclic) bond motifs is 1. The number of carbonyl (C=O) groups excluding carboxylic acids is 3. The molecule has 0 spiro atoms. The summed E-state index contributed by atoms with van der Waals surface area (Å²) in [5.74, 6) is -0.548. The molecule has 4 aromatic rings. The van der Waals surface area contributed by atoms with Crippen LogP contribution in [0.1, 0.15) is 86.2 Å². The predicted molar refractivity (Wildman–Crippen MR) is 231 cm³/mol. The maximum Gasteiger partial charge on any atom is 0.337 e. The average molecular weight is 800 g/mol. The van der Waals surface area contributed by atoms with Gasteiger partial charge in [0.15, 0.2) is 0 Å². The summed E-state index contributed by atoms with van der Waals surface area (Å²) in [6.07, 6.45) is 9.87. The molecule has 1 aliphatic carbocycles. The summed E-state index contributed by atoms with van der Waals surface area (Å²) in [6, 6.07) is 16.4. The lowest BCUT2D eigenvalue weighted by Crippen LogP contribution is -2.44. The van der Waals surface area contributed by atoms with Crippen molar-refractivity contribution in [2.24, 2.45) is 0 Å². The Balaban J connectivity index is 0.00000150. The molecule has 1 saturated carbocycles. The number of nitrogens with zero attached hydrogens (tertiary/aromatic N) is 3. The van der Waals surface area contributed by atoms with Crippen LogP contribution in [0.3, 0.4) is 0 Å². The van der Waals surface area contributed by atoms with Crippen molar-refractivity contribution >= 4 is 52.7 Å². The fourth-order valence-corrected chi connectivity index (χ4v) is 8.20. The molecule has 7 rings (SSSR count). The zero-order chi connectivity index (χ0) is 40.9. The van der Waals surface area contributed by atoms with Crippen LogP contribution in [0.25, 0.3) is 22.2 Å². The van der Waals surface area contributed by atoms with Crippen LogP contribution >= 0.6 is 12.6 Å². The van der Waals surface area contributed by atoms with Crippen molar-refractivity contribution in [3.8, 4) is 17.0 Å². The number of halogens is 1. The molecule has 0 unspecified atom stereocenters. The number of amides is 2. The van der Waals surface area contributed by atoms with Crippen LogP contribution in [0.15, 0.2) is 67.3 Å². The van der Waals surface area contributed by atoms with Crippen molar-refractivity contribution in [2.45, 2.75) is 77.9 Å². The normalized spacial score (nSPS) is 15.6. The molecule has 2 amide bonds. The minimum Gasteiger partial charge on any atom is -0.489 e. The number of benzene rings is 3. The molecule has 3 heterocycles. The zero-order valence-electron chi connectivity index (χ0n) is 33.9. The zero-order valence-corrected chi connectivity index (χ0v) is 34.8. The number of methoxy groups -OCH3 is 1. The molecular weight excluding hydrogens is 742 g/mol. The first kappa shape index (κ1) is 43.3. The number of thiol groups is 1. The van der Waals surface area contributed by atoms with Gasteiger partial charge in [-0.15, -0.1) is 6.58 Å². The van der Waals surface area contributed by atoms with Crippen molar-refractivity contribution < 1.29 is 28.2 Å². The Morgan fingerprint density at radius 3 is 2.40 bits per heavy atom. The Morgan fingerprint density at radius 2 is 1.74 bits per heavy atom. The first-order chi connectivity index (χ1) is 27.9. The van der Waals surface area contributed by atoms with E-state index >= 15 is 4.39 Å². The van der Waals surface area contributed by atoms with E-state index in [0.717, 1.165) is 92.6 Å². The number of rotatable bonds is 12. The quantitative estimate of drug-likeness (QED) is 0.0753. The monoisotopic (exact) mass is 799 g/mol. The molecule has 0 atom stereocenters. The molecule has 1 aromatic heterocycles. The van der Waals surface area contributed by atoms with Crippen molar-refractivity contribution in [1.29, 1.82) is 0 Å². The van der Waals surface area contributed by atoms with Crippen molar-refractivity contribution in [3.05, 3.63) is 89.8 Å². The van der Waals surface area contributed by atoms with Gasteiger partial charge < -0.3 is 34.5 Å². The lowest BCUT2D eigenvalue weighted by molar-refractivity contribution is -0.121. The fraction of sp³-hybridized carbons (Fsp3) is 0.444. The molecule has 3 fully saturated rings. The Morgan fingerprint density at radius 1 is 0.982 bits per heavy atom. The molecule has 306 valence electrons. The van der Waals surface area contributed by atoms with Gasteiger partial charge in [0.2, 0.25) is 11.8 Å². The highest BCUT2D eigenvalue weighted by atomic mass is 32.1. The molecular formula is C45H58FN5O5S. The minimum absolute atomic E-state index is 0.0701. The van der Waals surface area contributed by atoms with Gasteiger partial charge in [0, 0.05) is 79.6 Å². The molecule has 0 radical (unpaired) electrons. The SMILES string of the molecule is C=CCNC(=O)Cn1c(-c2ccc(OCc3cc(N4CCCC4=O)ccc3N3CCNCC3)cc2F)c(C2CCCCC2)c2ccc(C(=O)OC)cc21.CC.CS. The second-order valence-corrected chi connectivity index (χ2v) is 14.1. The topological polar surface area (TPSA) is 105 Å². The highest BCUT2D eigenvalue weighted by Crippen LogP contribution is 2.45. The highest BCUT2D eigenvalue weighted by molar-refractivity contribution is 7.79. The largest absolute Gasteiger partial charge is 0.489 e. The lowest BCUT2D eigenvalue weighted by Gasteiger charge is -2.32. The second-order valence-electron chi connectivity index (χ2n) is 14.1. The van der Waals surface area contributed by atoms with Crippen LogP contribution in [0.4, 0.5) is 15.8 Å². The van der Waals surface area contributed by atoms with Crippen LogP contribution in [0.2, 0.25) is 0 Å². The minimum atomic E-state index is -0.484. The first-order valence-corrected chi connectivity index (χ1v) is 21.1. The van der Waals surface area contributed by atoms with E-state index in [9.17, 15) is 14.4 Å². The van der Waals surface area contributed by atoms with Gasteiger partial charge in [-0.25, -0.2) is 9.18 Å². The van der Waals surface area contributed by atoms with Crippen LogP contribution < -0.4 is 25.2 Å². The number of piperazine rings is 1. The molecule has 12 heteroatoms. The van der Waals surface area contributed by atoms with Crippen LogP contribution in [0, 0.1) is 5.82 Å².